The van der Waals surface area contributed by atoms with E-state index in [0.29, 0.717) is 29.8 Å². The number of ether oxygens (including phenoxy) is 1. The monoisotopic (exact) mass is 377 g/mol. The Kier molecular flexibility index (Phi) is 5.51. The molecule has 0 unspecified atom stereocenters. The van der Waals surface area contributed by atoms with E-state index in [-0.39, 0.29) is 5.91 Å². The van der Waals surface area contributed by atoms with Crippen molar-refractivity contribution < 1.29 is 9.53 Å². The fourth-order valence-corrected chi connectivity index (χ4v) is 3.17. The quantitative estimate of drug-likeness (QED) is 0.685. The van der Waals surface area contributed by atoms with Gasteiger partial charge in [0.1, 0.15) is 12.4 Å². The highest BCUT2D eigenvalue weighted by molar-refractivity contribution is 6.03. The number of aromatic nitrogens is 3. The molecule has 1 fully saturated rings. The zero-order valence-corrected chi connectivity index (χ0v) is 15.6. The van der Waals surface area contributed by atoms with Gasteiger partial charge >= 0.3 is 0 Å². The van der Waals surface area contributed by atoms with Crippen molar-refractivity contribution in [1.29, 1.82) is 0 Å². The van der Waals surface area contributed by atoms with E-state index in [1.807, 2.05) is 30.3 Å². The predicted molar refractivity (Wildman–Crippen MR) is 108 cm³/mol. The van der Waals surface area contributed by atoms with E-state index in [1.54, 1.807) is 24.3 Å². The first-order valence-electron chi connectivity index (χ1n) is 9.53. The molecular formula is C21H23N5O2. The first-order valence-corrected chi connectivity index (χ1v) is 9.53. The van der Waals surface area contributed by atoms with Crippen LogP contribution in [-0.4, -0.2) is 34.2 Å². The number of rotatable bonds is 6. The van der Waals surface area contributed by atoms with Crippen molar-refractivity contribution in [2.75, 3.05) is 23.3 Å². The molecule has 2 N–H and O–H groups in total. The number of aromatic amines is 1. The number of anilines is 2. The molecule has 0 radical (unpaired) electrons. The van der Waals surface area contributed by atoms with Crippen LogP contribution in [0.2, 0.25) is 0 Å². The fraction of sp³-hybridized carbons (Fsp3) is 0.286. The topological polar surface area (TPSA) is 83.1 Å². The highest BCUT2D eigenvalue weighted by Gasteiger charge is 2.16. The number of H-pyrrole nitrogens is 1. The molecular weight excluding hydrogens is 354 g/mol. The molecule has 7 nitrogen and oxygen atoms in total. The molecule has 0 spiro atoms. The van der Waals surface area contributed by atoms with Crippen LogP contribution in [0.5, 0.6) is 5.75 Å². The van der Waals surface area contributed by atoms with Gasteiger partial charge in [-0.25, -0.2) is 5.10 Å². The Morgan fingerprint density at radius 1 is 1.04 bits per heavy atom. The Balaban J connectivity index is 1.32. The van der Waals surface area contributed by atoms with Crippen LogP contribution in [0.1, 0.15) is 35.2 Å². The maximum absolute atomic E-state index is 12.4. The Hall–Kier alpha value is -3.35. The van der Waals surface area contributed by atoms with Crippen LogP contribution in [0, 0.1) is 0 Å². The van der Waals surface area contributed by atoms with Crippen LogP contribution < -0.4 is 15.0 Å². The highest BCUT2D eigenvalue weighted by Crippen LogP contribution is 2.18. The normalized spacial score (nSPS) is 13.9. The van der Waals surface area contributed by atoms with Crippen LogP contribution in [0.25, 0.3) is 0 Å². The third-order valence-electron chi connectivity index (χ3n) is 4.71. The average Bonchev–Trinajstić information content (AvgIpc) is 3.22. The molecule has 0 bridgehead atoms. The lowest BCUT2D eigenvalue weighted by Gasteiger charge is -2.24. The maximum atomic E-state index is 12.4. The van der Waals surface area contributed by atoms with Crippen LogP contribution >= 0.6 is 0 Å². The summed E-state index contributed by atoms with van der Waals surface area (Å²) in [5.74, 6) is 1.47. The maximum Gasteiger partial charge on any atom is 0.258 e. The minimum Gasteiger partial charge on any atom is -0.489 e. The van der Waals surface area contributed by atoms with Crippen molar-refractivity contribution in [3.8, 4) is 5.75 Å². The van der Waals surface area contributed by atoms with Gasteiger partial charge in [-0.15, -0.1) is 5.10 Å². The minimum absolute atomic E-state index is 0.240. The summed E-state index contributed by atoms with van der Waals surface area (Å²) in [6.45, 7) is 2.40. The van der Waals surface area contributed by atoms with Crippen LogP contribution in [0.15, 0.2) is 54.6 Å². The number of hydrogen-bond acceptors (Lipinski definition) is 5. The van der Waals surface area contributed by atoms with Gasteiger partial charge in [0.2, 0.25) is 11.9 Å². The Labute approximate surface area is 163 Å². The molecule has 0 atom stereocenters. The van der Waals surface area contributed by atoms with E-state index >= 15 is 0 Å². The van der Waals surface area contributed by atoms with Crippen molar-refractivity contribution in [2.45, 2.75) is 25.9 Å². The van der Waals surface area contributed by atoms with E-state index in [4.69, 9.17) is 4.74 Å². The number of hydrogen-bond donors (Lipinski definition) is 2. The molecule has 1 amide bonds. The summed E-state index contributed by atoms with van der Waals surface area (Å²) in [5.41, 5.74) is 1.63. The zero-order valence-electron chi connectivity index (χ0n) is 15.6. The largest absolute Gasteiger partial charge is 0.489 e. The van der Waals surface area contributed by atoms with Crippen molar-refractivity contribution >= 4 is 17.8 Å². The third-order valence-corrected chi connectivity index (χ3v) is 4.71. The van der Waals surface area contributed by atoms with Crippen molar-refractivity contribution in [1.82, 2.24) is 15.2 Å². The van der Waals surface area contributed by atoms with Gasteiger partial charge in [0, 0.05) is 18.7 Å². The van der Waals surface area contributed by atoms with Gasteiger partial charge in [0.15, 0.2) is 0 Å². The molecule has 1 aliphatic rings. The van der Waals surface area contributed by atoms with Gasteiger partial charge in [-0.05, 0) is 49.1 Å². The highest BCUT2D eigenvalue weighted by atomic mass is 16.5. The Morgan fingerprint density at radius 3 is 2.54 bits per heavy atom. The van der Waals surface area contributed by atoms with Gasteiger partial charge in [-0.1, -0.05) is 30.3 Å². The van der Waals surface area contributed by atoms with Crippen molar-refractivity contribution in [3.05, 3.63) is 65.7 Å². The van der Waals surface area contributed by atoms with Crippen molar-refractivity contribution in [2.24, 2.45) is 0 Å². The van der Waals surface area contributed by atoms with E-state index in [2.05, 4.69) is 25.4 Å². The molecule has 144 valence electrons. The zero-order chi connectivity index (χ0) is 19.2. The van der Waals surface area contributed by atoms with Gasteiger partial charge in [-0.3, -0.25) is 10.1 Å². The van der Waals surface area contributed by atoms with Gasteiger partial charge in [0.25, 0.3) is 5.91 Å². The van der Waals surface area contributed by atoms with E-state index in [1.165, 1.54) is 6.42 Å². The smallest absolute Gasteiger partial charge is 0.258 e. The molecule has 1 aliphatic heterocycles. The second-order valence-corrected chi connectivity index (χ2v) is 6.78. The predicted octanol–water partition coefficient (Wildman–Crippen LogP) is 3.63. The van der Waals surface area contributed by atoms with Crippen LogP contribution in [0.4, 0.5) is 11.9 Å². The summed E-state index contributed by atoms with van der Waals surface area (Å²) in [4.78, 5) is 19.0. The summed E-state index contributed by atoms with van der Waals surface area (Å²) < 4.78 is 5.75. The summed E-state index contributed by atoms with van der Waals surface area (Å²) in [6.07, 6.45) is 3.54. The lowest BCUT2D eigenvalue weighted by molar-refractivity contribution is 0.102. The number of piperidine rings is 1. The molecule has 28 heavy (non-hydrogen) atoms. The first-order chi connectivity index (χ1) is 13.8. The van der Waals surface area contributed by atoms with Gasteiger partial charge in [-0.2, -0.15) is 4.98 Å². The minimum atomic E-state index is -0.240. The molecule has 0 aliphatic carbocycles. The summed E-state index contributed by atoms with van der Waals surface area (Å²) in [6, 6.07) is 17.0. The molecule has 2 heterocycles. The number of amides is 1. The second kappa shape index (κ2) is 8.56. The number of benzene rings is 2. The standard InChI is InChI=1S/C21H23N5O2/c27-19(22-20-23-21(25-24-20)26-13-5-2-6-14-26)17-9-11-18(12-10-17)28-15-16-7-3-1-4-8-16/h1,3-4,7-12H,2,5-6,13-15H2,(H2,22,23,24,25,27). The molecule has 1 saturated heterocycles. The lowest BCUT2D eigenvalue weighted by atomic mass is 10.1. The molecule has 7 heteroatoms. The number of carbonyl (C=O) groups excluding carboxylic acids is 1. The lowest BCUT2D eigenvalue weighted by Crippen LogP contribution is -2.30. The first kappa shape index (κ1) is 18.0. The molecule has 2 aromatic carbocycles. The van der Waals surface area contributed by atoms with Gasteiger partial charge < -0.3 is 9.64 Å². The second-order valence-electron chi connectivity index (χ2n) is 6.78. The Morgan fingerprint density at radius 2 is 1.79 bits per heavy atom. The van der Waals surface area contributed by atoms with Gasteiger partial charge in [0.05, 0.1) is 0 Å². The SMILES string of the molecule is O=C(Nc1nc(N2CCCCC2)n[nH]1)c1ccc(OCc2ccccc2)cc1. The third kappa shape index (κ3) is 4.49. The molecule has 0 saturated carbocycles. The van der Waals surface area contributed by atoms with E-state index in [0.717, 1.165) is 31.5 Å². The number of nitrogens with zero attached hydrogens (tertiary/aromatic N) is 3. The Bertz CT molecular complexity index is 902. The van der Waals surface area contributed by atoms with Crippen molar-refractivity contribution in [3.63, 3.8) is 0 Å². The number of nitrogens with one attached hydrogen (secondary N) is 2. The number of carbonyl (C=O) groups is 1. The molecule has 4 rings (SSSR count). The van der Waals surface area contributed by atoms with E-state index in [9.17, 15) is 4.79 Å². The summed E-state index contributed by atoms with van der Waals surface area (Å²) >= 11 is 0. The average molecular weight is 377 g/mol. The van der Waals surface area contributed by atoms with Crippen LogP contribution in [0.3, 0.4) is 0 Å². The molecule has 3 aromatic rings. The van der Waals surface area contributed by atoms with Crippen LogP contribution in [-0.2, 0) is 6.61 Å². The summed E-state index contributed by atoms with van der Waals surface area (Å²) in [7, 11) is 0. The van der Waals surface area contributed by atoms with E-state index < -0.39 is 0 Å². The fourth-order valence-electron chi connectivity index (χ4n) is 3.17. The summed E-state index contributed by atoms with van der Waals surface area (Å²) in [5, 5.41) is 9.76. The molecule has 1 aromatic heterocycles.